The van der Waals surface area contributed by atoms with Crippen LogP contribution in [0.5, 0.6) is 0 Å². The van der Waals surface area contributed by atoms with Crippen LogP contribution in [-0.2, 0) is 11.3 Å². The normalized spacial score (nSPS) is 13.2. The molecule has 0 saturated carbocycles. The number of rotatable bonds is 8. The first-order chi connectivity index (χ1) is 8.19. The lowest BCUT2D eigenvalue weighted by molar-refractivity contribution is 0.133. The standard InChI is InChI=1S/C13H25N3O/c1-5-6-14-7-12-8-16(10-15-12)13(9-17-4)11(2)3/h8,10-11,13-14H,5-7,9H2,1-4H3. The second-order valence-electron chi connectivity index (χ2n) is 4.76. The van der Waals surface area contributed by atoms with E-state index in [0.29, 0.717) is 12.0 Å². The van der Waals surface area contributed by atoms with Gasteiger partial charge in [0, 0.05) is 19.9 Å². The Morgan fingerprint density at radius 1 is 1.47 bits per heavy atom. The molecular formula is C13H25N3O. The van der Waals surface area contributed by atoms with E-state index in [1.54, 1.807) is 7.11 Å². The van der Waals surface area contributed by atoms with Crippen molar-refractivity contribution in [3.63, 3.8) is 0 Å². The molecule has 0 amide bonds. The summed E-state index contributed by atoms with van der Waals surface area (Å²) in [5, 5.41) is 3.36. The summed E-state index contributed by atoms with van der Waals surface area (Å²) in [6, 6.07) is 0.368. The van der Waals surface area contributed by atoms with Gasteiger partial charge in [-0.05, 0) is 18.9 Å². The molecule has 0 fully saturated rings. The van der Waals surface area contributed by atoms with E-state index >= 15 is 0 Å². The molecule has 0 bridgehead atoms. The Hall–Kier alpha value is -0.870. The molecule has 0 aromatic carbocycles. The number of nitrogens with zero attached hydrogens (tertiary/aromatic N) is 2. The highest BCUT2D eigenvalue weighted by atomic mass is 16.5. The molecule has 0 aliphatic rings. The highest BCUT2D eigenvalue weighted by Gasteiger charge is 2.15. The highest BCUT2D eigenvalue weighted by Crippen LogP contribution is 2.18. The van der Waals surface area contributed by atoms with Crippen molar-refractivity contribution in [2.24, 2.45) is 5.92 Å². The maximum atomic E-state index is 5.26. The van der Waals surface area contributed by atoms with Gasteiger partial charge in [-0.15, -0.1) is 0 Å². The lowest BCUT2D eigenvalue weighted by atomic mass is 10.1. The molecule has 4 nitrogen and oxygen atoms in total. The minimum absolute atomic E-state index is 0.368. The Bertz CT molecular complexity index is 309. The predicted molar refractivity (Wildman–Crippen MR) is 70.0 cm³/mol. The van der Waals surface area contributed by atoms with Crippen molar-refractivity contribution in [3.8, 4) is 0 Å². The molecule has 1 unspecified atom stereocenters. The maximum absolute atomic E-state index is 5.26. The molecule has 1 atom stereocenters. The van der Waals surface area contributed by atoms with Crippen molar-refractivity contribution in [3.05, 3.63) is 18.2 Å². The number of aromatic nitrogens is 2. The lowest BCUT2D eigenvalue weighted by Gasteiger charge is -2.21. The van der Waals surface area contributed by atoms with Crippen LogP contribution in [0.15, 0.2) is 12.5 Å². The maximum Gasteiger partial charge on any atom is 0.0953 e. The Labute approximate surface area is 104 Å². The number of hydrogen-bond acceptors (Lipinski definition) is 3. The molecule has 0 radical (unpaired) electrons. The third-order valence-corrected chi connectivity index (χ3v) is 2.88. The average molecular weight is 239 g/mol. The van der Waals surface area contributed by atoms with E-state index < -0.39 is 0 Å². The number of ether oxygens (including phenoxy) is 1. The van der Waals surface area contributed by atoms with Crippen LogP contribution in [0, 0.1) is 5.92 Å². The Morgan fingerprint density at radius 2 is 2.24 bits per heavy atom. The van der Waals surface area contributed by atoms with Crippen LogP contribution in [0.4, 0.5) is 0 Å². The van der Waals surface area contributed by atoms with E-state index in [4.69, 9.17) is 4.74 Å². The van der Waals surface area contributed by atoms with Gasteiger partial charge in [-0.1, -0.05) is 20.8 Å². The molecule has 0 aliphatic heterocycles. The fourth-order valence-corrected chi connectivity index (χ4v) is 1.84. The third-order valence-electron chi connectivity index (χ3n) is 2.88. The highest BCUT2D eigenvalue weighted by molar-refractivity contribution is 4.98. The molecule has 17 heavy (non-hydrogen) atoms. The van der Waals surface area contributed by atoms with Crippen LogP contribution in [0.2, 0.25) is 0 Å². The molecule has 0 saturated heterocycles. The molecule has 98 valence electrons. The topological polar surface area (TPSA) is 39.1 Å². The fourth-order valence-electron chi connectivity index (χ4n) is 1.84. The molecule has 4 heteroatoms. The van der Waals surface area contributed by atoms with Crippen molar-refractivity contribution in [1.29, 1.82) is 0 Å². The van der Waals surface area contributed by atoms with Gasteiger partial charge in [0.05, 0.1) is 24.7 Å². The van der Waals surface area contributed by atoms with Crippen molar-refractivity contribution in [1.82, 2.24) is 14.9 Å². The van der Waals surface area contributed by atoms with Crippen LogP contribution >= 0.6 is 0 Å². The van der Waals surface area contributed by atoms with Gasteiger partial charge in [0.1, 0.15) is 0 Å². The van der Waals surface area contributed by atoms with Crippen LogP contribution < -0.4 is 5.32 Å². The minimum Gasteiger partial charge on any atom is -0.383 e. The molecule has 1 heterocycles. The molecular weight excluding hydrogens is 214 g/mol. The zero-order valence-electron chi connectivity index (χ0n) is 11.4. The van der Waals surface area contributed by atoms with Crippen LogP contribution in [-0.4, -0.2) is 29.8 Å². The van der Waals surface area contributed by atoms with Crippen LogP contribution in [0.3, 0.4) is 0 Å². The number of methoxy groups -OCH3 is 1. The lowest BCUT2D eigenvalue weighted by Crippen LogP contribution is -2.19. The largest absolute Gasteiger partial charge is 0.383 e. The van der Waals surface area contributed by atoms with E-state index in [1.807, 2.05) is 6.33 Å². The summed E-state index contributed by atoms with van der Waals surface area (Å²) in [5.74, 6) is 0.542. The molecule has 0 aliphatic carbocycles. The zero-order chi connectivity index (χ0) is 12.7. The van der Waals surface area contributed by atoms with Crippen LogP contribution in [0.25, 0.3) is 0 Å². The van der Waals surface area contributed by atoms with Crippen LogP contribution in [0.1, 0.15) is 38.9 Å². The van der Waals surface area contributed by atoms with E-state index in [0.717, 1.165) is 31.8 Å². The van der Waals surface area contributed by atoms with E-state index in [9.17, 15) is 0 Å². The number of nitrogens with one attached hydrogen (secondary N) is 1. The summed E-state index contributed by atoms with van der Waals surface area (Å²) >= 11 is 0. The van der Waals surface area contributed by atoms with Gasteiger partial charge in [-0.25, -0.2) is 4.98 Å². The van der Waals surface area contributed by atoms with Gasteiger partial charge in [-0.3, -0.25) is 0 Å². The first-order valence-corrected chi connectivity index (χ1v) is 6.41. The predicted octanol–water partition coefficient (Wildman–Crippen LogP) is 2.23. The van der Waals surface area contributed by atoms with Gasteiger partial charge in [0.25, 0.3) is 0 Å². The summed E-state index contributed by atoms with van der Waals surface area (Å²) in [4.78, 5) is 4.42. The van der Waals surface area contributed by atoms with Crippen molar-refractivity contribution >= 4 is 0 Å². The van der Waals surface area contributed by atoms with Crippen molar-refractivity contribution in [2.45, 2.75) is 39.8 Å². The Balaban J connectivity index is 2.58. The first-order valence-electron chi connectivity index (χ1n) is 6.41. The summed E-state index contributed by atoms with van der Waals surface area (Å²) in [7, 11) is 1.75. The Morgan fingerprint density at radius 3 is 2.82 bits per heavy atom. The van der Waals surface area contributed by atoms with Gasteiger partial charge in [-0.2, -0.15) is 0 Å². The number of hydrogen-bond donors (Lipinski definition) is 1. The van der Waals surface area contributed by atoms with E-state index in [2.05, 4.69) is 41.8 Å². The SMILES string of the molecule is CCCNCc1cn(C(COC)C(C)C)cn1. The number of imidazole rings is 1. The summed E-state index contributed by atoms with van der Waals surface area (Å²) in [6.07, 6.45) is 5.18. The first kappa shape index (κ1) is 14.2. The van der Waals surface area contributed by atoms with Gasteiger partial charge in [0.2, 0.25) is 0 Å². The second kappa shape index (κ2) is 7.45. The molecule has 1 aromatic rings. The minimum atomic E-state index is 0.368. The molecule has 1 aromatic heterocycles. The van der Waals surface area contributed by atoms with E-state index in [1.165, 1.54) is 0 Å². The average Bonchev–Trinajstić information content (AvgIpc) is 2.74. The zero-order valence-corrected chi connectivity index (χ0v) is 11.4. The van der Waals surface area contributed by atoms with Gasteiger partial charge >= 0.3 is 0 Å². The molecule has 1 rings (SSSR count). The van der Waals surface area contributed by atoms with E-state index in [-0.39, 0.29) is 0 Å². The monoisotopic (exact) mass is 239 g/mol. The van der Waals surface area contributed by atoms with Gasteiger partial charge < -0.3 is 14.6 Å². The van der Waals surface area contributed by atoms with Crippen molar-refractivity contribution < 1.29 is 4.74 Å². The van der Waals surface area contributed by atoms with Gasteiger partial charge in [0.15, 0.2) is 0 Å². The summed E-state index contributed by atoms with van der Waals surface area (Å²) in [6.45, 7) is 9.20. The second-order valence-corrected chi connectivity index (χ2v) is 4.76. The Kier molecular flexibility index (Phi) is 6.22. The summed E-state index contributed by atoms with van der Waals surface area (Å²) < 4.78 is 7.43. The third kappa shape index (κ3) is 4.48. The molecule has 0 spiro atoms. The smallest absolute Gasteiger partial charge is 0.0953 e. The summed E-state index contributed by atoms with van der Waals surface area (Å²) in [5.41, 5.74) is 1.10. The van der Waals surface area contributed by atoms with Crippen molar-refractivity contribution in [2.75, 3.05) is 20.3 Å². The molecule has 1 N–H and O–H groups in total. The fraction of sp³-hybridized carbons (Fsp3) is 0.769. The quantitative estimate of drug-likeness (QED) is 0.707.